The Bertz CT molecular complexity index is 391. The van der Waals surface area contributed by atoms with Crippen LogP contribution in [0.4, 0.5) is 0 Å². The first-order valence-corrected chi connectivity index (χ1v) is 6.67. The molecule has 1 heterocycles. The van der Waals surface area contributed by atoms with Crippen LogP contribution in [0.3, 0.4) is 0 Å². The molecule has 98 valence electrons. The maximum absolute atomic E-state index is 10.5. The van der Waals surface area contributed by atoms with Crippen LogP contribution in [0.5, 0.6) is 0 Å². The summed E-state index contributed by atoms with van der Waals surface area (Å²) < 4.78 is 0. The van der Waals surface area contributed by atoms with Gasteiger partial charge in [0.1, 0.15) is 0 Å². The van der Waals surface area contributed by atoms with E-state index in [9.17, 15) is 4.79 Å². The summed E-state index contributed by atoms with van der Waals surface area (Å²) in [5.41, 5.74) is 1.41. The fourth-order valence-electron chi connectivity index (χ4n) is 2.81. The molecule has 2 rings (SSSR count). The summed E-state index contributed by atoms with van der Waals surface area (Å²) in [6.45, 7) is 4.20. The quantitative estimate of drug-likeness (QED) is 0.869. The van der Waals surface area contributed by atoms with Crippen molar-refractivity contribution >= 4 is 5.97 Å². The Hall–Kier alpha value is -1.35. The van der Waals surface area contributed by atoms with Crippen molar-refractivity contribution in [1.82, 2.24) is 4.90 Å². The Morgan fingerprint density at radius 2 is 2.11 bits per heavy atom. The van der Waals surface area contributed by atoms with Crippen molar-refractivity contribution in [3.63, 3.8) is 0 Å². The number of carbonyl (C=O) groups is 1. The Morgan fingerprint density at radius 1 is 1.39 bits per heavy atom. The third-order valence-corrected chi connectivity index (χ3v) is 3.81. The predicted octanol–water partition coefficient (Wildman–Crippen LogP) is 2.73. The van der Waals surface area contributed by atoms with E-state index in [0.29, 0.717) is 12.0 Å². The molecule has 0 radical (unpaired) electrons. The zero-order chi connectivity index (χ0) is 13.0. The third-order valence-electron chi connectivity index (χ3n) is 3.81. The fraction of sp³-hybridized carbons (Fsp3) is 0.533. The van der Waals surface area contributed by atoms with Crippen molar-refractivity contribution in [3.05, 3.63) is 35.9 Å². The van der Waals surface area contributed by atoms with Crippen LogP contribution < -0.4 is 0 Å². The topological polar surface area (TPSA) is 40.5 Å². The monoisotopic (exact) mass is 247 g/mol. The first-order valence-electron chi connectivity index (χ1n) is 6.67. The van der Waals surface area contributed by atoms with Crippen LogP contribution in [-0.4, -0.2) is 35.1 Å². The molecule has 1 fully saturated rings. The van der Waals surface area contributed by atoms with Crippen LogP contribution in [0.15, 0.2) is 30.3 Å². The van der Waals surface area contributed by atoms with Gasteiger partial charge in [-0.2, -0.15) is 0 Å². The van der Waals surface area contributed by atoms with Crippen LogP contribution in [0.1, 0.15) is 37.7 Å². The lowest BCUT2D eigenvalue weighted by molar-refractivity contribution is -0.137. The zero-order valence-corrected chi connectivity index (χ0v) is 10.9. The number of carboxylic acids is 1. The maximum Gasteiger partial charge on any atom is 0.303 e. The highest BCUT2D eigenvalue weighted by atomic mass is 16.4. The van der Waals surface area contributed by atoms with Crippen LogP contribution in [0.2, 0.25) is 0 Å². The highest BCUT2D eigenvalue weighted by Crippen LogP contribution is 2.31. The lowest BCUT2D eigenvalue weighted by atomic mass is 9.97. The second-order valence-corrected chi connectivity index (χ2v) is 5.18. The van der Waals surface area contributed by atoms with Crippen molar-refractivity contribution in [3.8, 4) is 0 Å². The average molecular weight is 247 g/mol. The minimum atomic E-state index is -0.693. The van der Waals surface area contributed by atoms with E-state index >= 15 is 0 Å². The van der Waals surface area contributed by atoms with Gasteiger partial charge in [-0.15, -0.1) is 0 Å². The Balaban J connectivity index is 1.87. The van der Waals surface area contributed by atoms with E-state index in [4.69, 9.17) is 5.11 Å². The number of hydrogen-bond acceptors (Lipinski definition) is 2. The van der Waals surface area contributed by atoms with Gasteiger partial charge in [0.15, 0.2) is 0 Å². The summed E-state index contributed by atoms with van der Waals surface area (Å²) in [6.07, 6.45) is 2.21. The Morgan fingerprint density at radius 3 is 2.78 bits per heavy atom. The molecule has 1 aromatic carbocycles. The Labute approximate surface area is 108 Å². The Kier molecular flexibility index (Phi) is 4.37. The zero-order valence-electron chi connectivity index (χ0n) is 10.9. The van der Waals surface area contributed by atoms with Gasteiger partial charge in [-0.3, -0.25) is 4.79 Å². The van der Waals surface area contributed by atoms with E-state index in [-0.39, 0.29) is 6.42 Å². The summed E-state index contributed by atoms with van der Waals surface area (Å²) in [5, 5.41) is 8.66. The number of benzene rings is 1. The number of likely N-dealkylation sites (tertiary alicyclic amines) is 1. The van der Waals surface area contributed by atoms with Crippen molar-refractivity contribution in [2.45, 2.75) is 38.1 Å². The van der Waals surface area contributed by atoms with Crippen LogP contribution >= 0.6 is 0 Å². The van der Waals surface area contributed by atoms with Crippen LogP contribution in [-0.2, 0) is 4.79 Å². The van der Waals surface area contributed by atoms with Crippen LogP contribution in [0.25, 0.3) is 0 Å². The molecule has 1 N–H and O–H groups in total. The van der Waals surface area contributed by atoms with Crippen molar-refractivity contribution in [2.75, 3.05) is 13.1 Å². The molecule has 0 unspecified atom stereocenters. The molecule has 2 atom stereocenters. The molecule has 0 aromatic heterocycles. The number of carboxylic acid groups (broad SMARTS) is 1. The van der Waals surface area contributed by atoms with Gasteiger partial charge < -0.3 is 10.0 Å². The fourth-order valence-corrected chi connectivity index (χ4v) is 2.81. The number of hydrogen-bond donors (Lipinski definition) is 1. The van der Waals surface area contributed by atoms with E-state index in [1.165, 1.54) is 12.0 Å². The largest absolute Gasteiger partial charge is 0.481 e. The molecular formula is C15H21NO2. The molecule has 3 nitrogen and oxygen atoms in total. The van der Waals surface area contributed by atoms with E-state index in [0.717, 1.165) is 19.5 Å². The number of rotatable bonds is 5. The SMILES string of the molecule is C[C@H]1C[C@@H](c2ccccc2)CN1CCCC(=O)O. The van der Waals surface area contributed by atoms with Crippen molar-refractivity contribution in [1.29, 1.82) is 0 Å². The van der Waals surface area contributed by atoms with Crippen molar-refractivity contribution in [2.24, 2.45) is 0 Å². The van der Waals surface area contributed by atoms with E-state index in [1.807, 2.05) is 6.07 Å². The van der Waals surface area contributed by atoms with Gasteiger partial charge in [0.2, 0.25) is 0 Å². The normalized spacial score (nSPS) is 24.3. The summed E-state index contributed by atoms with van der Waals surface area (Å²) in [5.74, 6) is -0.0903. The number of nitrogens with zero attached hydrogens (tertiary/aromatic N) is 1. The molecule has 18 heavy (non-hydrogen) atoms. The van der Waals surface area contributed by atoms with E-state index < -0.39 is 5.97 Å². The molecule has 1 aliphatic heterocycles. The standard InChI is InChI=1S/C15H21NO2/c1-12-10-14(13-6-3-2-4-7-13)11-16(12)9-5-8-15(17)18/h2-4,6-7,12,14H,5,8-11H2,1H3,(H,17,18)/t12-,14+/m0/s1. The lowest BCUT2D eigenvalue weighted by Crippen LogP contribution is -2.28. The van der Waals surface area contributed by atoms with Gasteiger partial charge in [-0.05, 0) is 37.8 Å². The summed E-state index contributed by atoms with van der Waals surface area (Å²) >= 11 is 0. The molecule has 1 saturated heterocycles. The first-order chi connectivity index (χ1) is 8.66. The van der Waals surface area contributed by atoms with Gasteiger partial charge in [-0.1, -0.05) is 30.3 Å². The minimum Gasteiger partial charge on any atom is -0.481 e. The third kappa shape index (κ3) is 3.33. The van der Waals surface area contributed by atoms with E-state index in [1.54, 1.807) is 0 Å². The molecule has 0 amide bonds. The summed E-state index contributed by atoms with van der Waals surface area (Å²) in [6, 6.07) is 11.2. The van der Waals surface area contributed by atoms with Gasteiger partial charge in [0.05, 0.1) is 0 Å². The smallest absolute Gasteiger partial charge is 0.303 e. The van der Waals surface area contributed by atoms with Gasteiger partial charge in [0.25, 0.3) is 0 Å². The molecule has 3 heteroatoms. The first kappa shape index (κ1) is 13.1. The van der Waals surface area contributed by atoms with Gasteiger partial charge in [-0.25, -0.2) is 0 Å². The van der Waals surface area contributed by atoms with Gasteiger partial charge >= 0.3 is 5.97 Å². The summed E-state index contributed by atoms with van der Waals surface area (Å²) in [7, 11) is 0. The minimum absolute atomic E-state index is 0.277. The predicted molar refractivity (Wildman–Crippen MR) is 71.7 cm³/mol. The highest BCUT2D eigenvalue weighted by Gasteiger charge is 2.29. The average Bonchev–Trinajstić information content (AvgIpc) is 2.72. The van der Waals surface area contributed by atoms with Gasteiger partial charge in [0, 0.05) is 19.0 Å². The second kappa shape index (κ2) is 6.01. The van der Waals surface area contributed by atoms with Crippen LogP contribution in [0, 0.1) is 0 Å². The maximum atomic E-state index is 10.5. The van der Waals surface area contributed by atoms with Crippen molar-refractivity contribution < 1.29 is 9.90 Å². The molecule has 1 aromatic rings. The molecule has 1 aliphatic rings. The molecule has 0 bridgehead atoms. The van der Waals surface area contributed by atoms with E-state index in [2.05, 4.69) is 36.1 Å². The molecule has 0 aliphatic carbocycles. The second-order valence-electron chi connectivity index (χ2n) is 5.18. The lowest BCUT2D eigenvalue weighted by Gasteiger charge is -2.20. The molecule has 0 spiro atoms. The number of aliphatic carboxylic acids is 1. The molecular weight excluding hydrogens is 226 g/mol. The molecule has 0 saturated carbocycles. The highest BCUT2D eigenvalue weighted by molar-refractivity contribution is 5.66. The summed E-state index contributed by atoms with van der Waals surface area (Å²) in [4.78, 5) is 12.9.